The normalized spacial score (nSPS) is 17.5. The first-order valence-electron chi connectivity index (χ1n) is 13.3. The van der Waals surface area contributed by atoms with Gasteiger partial charge < -0.3 is 18.8 Å². The summed E-state index contributed by atoms with van der Waals surface area (Å²) in [6.07, 6.45) is 1.51. The summed E-state index contributed by atoms with van der Waals surface area (Å²) in [5.41, 5.74) is 2.88. The van der Waals surface area contributed by atoms with Crippen molar-refractivity contribution in [2.24, 2.45) is 0 Å². The van der Waals surface area contributed by atoms with Gasteiger partial charge in [0, 0.05) is 71.5 Å². The Bertz CT molecular complexity index is 1160. The Hall–Kier alpha value is -3.40. The Morgan fingerprint density at radius 1 is 0.763 bits per heavy atom. The number of oxazole rings is 1. The maximum atomic E-state index is 13.0. The molecule has 9 nitrogen and oxygen atoms in total. The van der Waals surface area contributed by atoms with Crippen LogP contribution in [0.5, 0.6) is 11.5 Å². The average molecular weight is 520 g/mol. The van der Waals surface area contributed by atoms with E-state index in [0.717, 1.165) is 63.9 Å². The highest BCUT2D eigenvalue weighted by molar-refractivity contribution is 5.92. The molecule has 0 atom stereocenters. The average Bonchev–Trinajstić information content (AvgIpc) is 3.43. The number of piperazine rings is 2. The highest BCUT2D eigenvalue weighted by Crippen LogP contribution is 2.24. The first kappa shape index (κ1) is 26.2. The number of carbonyl (C=O) groups excluding carboxylic acids is 1. The van der Waals surface area contributed by atoms with Gasteiger partial charge in [0.25, 0.3) is 5.91 Å². The van der Waals surface area contributed by atoms with Crippen LogP contribution in [0, 0.1) is 0 Å². The molecule has 0 unspecified atom stereocenters. The van der Waals surface area contributed by atoms with E-state index in [-0.39, 0.29) is 5.91 Å². The zero-order chi connectivity index (χ0) is 26.3. The second-order valence-corrected chi connectivity index (χ2v) is 9.95. The molecule has 0 N–H and O–H groups in total. The molecule has 0 aliphatic carbocycles. The molecular weight excluding hydrogens is 482 g/mol. The number of aromatic nitrogens is 1. The van der Waals surface area contributed by atoms with Gasteiger partial charge in [0.2, 0.25) is 5.89 Å². The van der Waals surface area contributed by atoms with E-state index in [1.54, 1.807) is 14.2 Å². The summed E-state index contributed by atoms with van der Waals surface area (Å²) in [5, 5.41) is 0. The van der Waals surface area contributed by atoms with Crippen molar-refractivity contribution in [1.29, 1.82) is 0 Å². The molecular formula is C29H37N5O4. The van der Waals surface area contributed by atoms with Gasteiger partial charge in [-0.05, 0) is 23.3 Å². The van der Waals surface area contributed by atoms with Gasteiger partial charge in [-0.1, -0.05) is 30.3 Å². The van der Waals surface area contributed by atoms with Gasteiger partial charge >= 0.3 is 0 Å². The van der Waals surface area contributed by atoms with Crippen LogP contribution in [0.1, 0.15) is 27.5 Å². The lowest BCUT2D eigenvalue weighted by Gasteiger charge is -2.34. The second kappa shape index (κ2) is 12.4. The topological polar surface area (TPSA) is 74.5 Å². The molecule has 2 aliphatic heterocycles. The second-order valence-electron chi connectivity index (χ2n) is 9.95. The van der Waals surface area contributed by atoms with E-state index in [1.165, 1.54) is 17.4 Å². The van der Waals surface area contributed by atoms with Crippen LogP contribution in [0.3, 0.4) is 0 Å². The van der Waals surface area contributed by atoms with Gasteiger partial charge in [0.15, 0.2) is 5.69 Å². The predicted octanol–water partition coefficient (Wildman–Crippen LogP) is 2.97. The smallest absolute Gasteiger partial charge is 0.275 e. The lowest BCUT2D eigenvalue weighted by molar-refractivity contribution is 0.0622. The molecule has 5 rings (SSSR count). The molecule has 9 heteroatoms. The van der Waals surface area contributed by atoms with Crippen molar-refractivity contribution in [2.75, 3.05) is 66.6 Å². The Kier molecular flexibility index (Phi) is 8.58. The van der Waals surface area contributed by atoms with Gasteiger partial charge in [-0.2, -0.15) is 0 Å². The van der Waals surface area contributed by atoms with Gasteiger partial charge in [-0.15, -0.1) is 0 Å². The van der Waals surface area contributed by atoms with Crippen molar-refractivity contribution in [3.05, 3.63) is 77.5 Å². The van der Waals surface area contributed by atoms with E-state index >= 15 is 0 Å². The Labute approximate surface area is 224 Å². The SMILES string of the molecule is COc1cc(CN2CCN(Cc3nc(C(=O)N4CCN(Cc5ccccc5)CC4)co3)CC2)cc(OC)c1. The van der Waals surface area contributed by atoms with Crippen LogP contribution in [0.4, 0.5) is 0 Å². The van der Waals surface area contributed by atoms with E-state index in [9.17, 15) is 4.79 Å². The minimum Gasteiger partial charge on any atom is -0.497 e. The fourth-order valence-corrected chi connectivity index (χ4v) is 5.11. The summed E-state index contributed by atoms with van der Waals surface area (Å²) in [4.78, 5) is 26.6. The van der Waals surface area contributed by atoms with Gasteiger partial charge in [-0.25, -0.2) is 4.98 Å². The number of rotatable bonds is 9. The highest BCUT2D eigenvalue weighted by Gasteiger charge is 2.25. The molecule has 0 bridgehead atoms. The van der Waals surface area contributed by atoms with Crippen LogP contribution in [0.15, 0.2) is 59.2 Å². The molecule has 0 radical (unpaired) electrons. The Morgan fingerprint density at radius 3 is 1.92 bits per heavy atom. The first-order chi connectivity index (χ1) is 18.6. The largest absolute Gasteiger partial charge is 0.497 e. The molecule has 3 aromatic rings. The number of carbonyl (C=O) groups is 1. The molecule has 2 aromatic carbocycles. The molecule has 0 spiro atoms. The van der Waals surface area contributed by atoms with E-state index in [1.807, 2.05) is 17.0 Å². The van der Waals surface area contributed by atoms with Crippen molar-refractivity contribution >= 4 is 5.91 Å². The number of hydrogen-bond donors (Lipinski definition) is 0. The molecule has 38 heavy (non-hydrogen) atoms. The quantitative estimate of drug-likeness (QED) is 0.427. The third-order valence-corrected chi connectivity index (χ3v) is 7.32. The Balaban J connectivity index is 1.07. The zero-order valence-corrected chi connectivity index (χ0v) is 22.3. The van der Waals surface area contributed by atoms with E-state index in [0.29, 0.717) is 31.2 Å². The fraction of sp³-hybridized carbons (Fsp3) is 0.448. The van der Waals surface area contributed by atoms with Crippen molar-refractivity contribution in [1.82, 2.24) is 24.6 Å². The molecule has 202 valence electrons. The minimum absolute atomic E-state index is 0.0436. The van der Waals surface area contributed by atoms with Crippen molar-refractivity contribution in [3.63, 3.8) is 0 Å². The molecule has 2 fully saturated rings. The summed E-state index contributed by atoms with van der Waals surface area (Å²) in [6.45, 7) is 9.21. The maximum absolute atomic E-state index is 13.0. The first-order valence-corrected chi connectivity index (χ1v) is 13.3. The number of nitrogens with zero attached hydrogens (tertiary/aromatic N) is 5. The standard InChI is InChI=1S/C29H37N5O4/c1-36-25-16-24(17-26(18-25)37-2)20-31-8-10-33(11-9-31)21-28-30-27(22-38-28)29(35)34-14-12-32(13-15-34)19-23-6-4-3-5-7-23/h3-7,16-18,22H,8-15,19-21H2,1-2H3. The Morgan fingerprint density at radius 2 is 1.32 bits per heavy atom. The lowest BCUT2D eigenvalue weighted by atomic mass is 10.1. The number of amides is 1. The summed E-state index contributed by atoms with van der Waals surface area (Å²) in [5.74, 6) is 2.17. The van der Waals surface area contributed by atoms with Gasteiger partial charge in [0.05, 0.1) is 20.8 Å². The van der Waals surface area contributed by atoms with Crippen molar-refractivity contribution in [2.45, 2.75) is 19.6 Å². The molecule has 0 saturated carbocycles. The summed E-state index contributed by atoms with van der Waals surface area (Å²) in [6, 6.07) is 16.5. The zero-order valence-electron chi connectivity index (χ0n) is 22.3. The van der Waals surface area contributed by atoms with Crippen LogP contribution < -0.4 is 9.47 Å². The van der Waals surface area contributed by atoms with Crippen LogP contribution in [-0.2, 0) is 19.6 Å². The van der Waals surface area contributed by atoms with Gasteiger partial charge in [-0.3, -0.25) is 19.5 Å². The maximum Gasteiger partial charge on any atom is 0.275 e. The molecule has 3 heterocycles. The number of hydrogen-bond acceptors (Lipinski definition) is 8. The van der Waals surface area contributed by atoms with Crippen molar-refractivity contribution < 1.29 is 18.7 Å². The molecule has 2 saturated heterocycles. The summed E-state index contributed by atoms with van der Waals surface area (Å²) >= 11 is 0. The third kappa shape index (κ3) is 6.72. The number of ether oxygens (including phenoxy) is 2. The van der Waals surface area contributed by atoms with Crippen LogP contribution >= 0.6 is 0 Å². The van der Waals surface area contributed by atoms with E-state index < -0.39 is 0 Å². The molecule has 2 aliphatic rings. The molecule has 1 amide bonds. The van der Waals surface area contributed by atoms with Gasteiger partial charge in [0.1, 0.15) is 17.8 Å². The number of methoxy groups -OCH3 is 2. The lowest BCUT2D eigenvalue weighted by Crippen LogP contribution is -2.48. The van der Waals surface area contributed by atoms with Crippen LogP contribution in [0.2, 0.25) is 0 Å². The molecule has 1 aromatic heterocycles. The minimum atomic E-state index is -0.0436. The monoisotopic (exact) mass is 519 g/mol. The third-order valence-electron chi connectivity index (χ3n) is 7.32. The number of benzene rings is 2. The fourth-order valence-electron chi connectivity index (χ4n) is 5.11. The summed E-state index contributed by atoms with van der Waals surface area (Å²) < 4.78 is 16.5. The van der Waals surface area contributed by atoms with Crippen LogP contribution in [-0.4, -0.2) is 97.1 Å². The van der Waals surface area contributed by atoms with E-state index in [2.05, 4.69) is 56.1 Å². The van der Waals surface area contributed by atoms with Crippen molar-refractivity contribution in [3.8, 4) is 11.5 Å². The van der Waals surface area contributed by atoms with E-state index in [4.69, 9.17) is 13.9 Å². The predicted molar refractivity (Wildman–Crippen MR) is 144 cm³/mol. The highest BCUT2D eigenvalue weighted by atomic mass is 16.5. The summed E-state index contributed by atoms with van der Waals surface area (Å²) in [7, 11) is 3.35. The van der Waals surface area contributed by atoms with Crippen LogP contribution in [0.25, 0.3) is 0 Å².